The van der Waals surface area contributed by atoms with Gasteiger partial charge >= 0.3 is 0 Å². The highest BCUT2D eigenvalue weighted by atomic mass is 32.1. The summed E-state index contributed by atoms with van der Waals surface area (Å²) < 4.78 is 0. The van der Waals surface area contributed by atoms with Crippen molar-refractivity contribution in [3.8, 4) is 0 Å². The van der Waals surface area contributed by atoms with Crippen molar-refractivity contribution in [2.24, 2.45) is 0 Å². The fourth-order valence-electron chi connectivity index (χ4n) is 3.12. The molecule has 0 saturated carbocycles. The summed E-state index contributed by atoms with van der Waals surface area (Å²) in [5.74, 6) is 0.0697. The fourth-order valence-corrected chi connectivity index (χ4v) is 4.83. The van der Waals surface area contributed by atoms with Gasteiger partial charge in [0.15, 0.2) is 0 Å². The number of rotatable bonds is 6. The Hall–Kier alpha value is -1.73. The predicted molar refractivity (Wildman–Crippen MR) is 106 cm³/mol. The minimum atomic E-state index is -0.0186. The maximum Gasteiger partial charge on any atom is 0.265 e. The second-order valence-corrected chi connectivity index (χ2v) is 8.54. The van der Waals surface area contributed by atoms with Crippen LogP contribution in [0.4, 0.5) is 0 Å². The van der Waals surface area contributed by atoms with Gasteiger partial charge in [-0.05, 0) is 44.1 Å². The van der Waals surface area contributed by atoms with Gasteiger partial charge in [0.2, 0.25) is 0 Å². The number of carbonyl (C=O) groups excluding carboxylic acids is 2. The second kappa shape index (κ2) is 8.77. The number of nitrogens with zero attached hydrogens (tertiary/aromatic N) is 2. The summed E-state index contributed by atoms with van der Waals surface area (Å²) in [5.41, 5.74) is 1.56. The summed E-state index contributed by atoms with van der Waals surface area (Å²) in [6.07, 6.45) is 4.78. The van der Waals surface area contributed by atoms with Crippen molar-refractivity contribution in [3.05, 3.63) is 38.0 Å². The zero-order chi connectivity index (χ0) is 18.5. The highest BCUT2D eigenvalue weighted by Crippen LogP contribution is 2.23. The Kier molecular flexibility index (Phi) is 6.43. The predicted octanol–water partition coefficient (Wildman–Crippen LogP) is 3.89. The van der Waals surface area contributed by atoms with Crippen molar-refractivity contribution < 1.29 is 9.59 Å². The topological polar surface area (TPSA) is 62.3 Å². The number of unbranched alkanes of at least 4 members (excludes halogenated alkanes) is 1. The fraction of sp³-hybridized carbons (Fsp3) is 0.526. The van der Waals surface area contributed by atoms with Crippen LogP contribution in [-0.4, -0.2) is 40.8 Å². The third kappa shape index (κ3) is 4.51. The summed E-state index contributed by atoms with van der Waals surface area (Å²) in [5, 5.41) is 7.90. The second-order valence-electron chi connectivity index (χ2n) is 6.68. The van der Waals surface area contributed by atoms with Gasteiger partial charge in [0.1, 0.15) is 4.88 Å². The number of thiazole rings is 1. The summed E-state index contributed by atoms with van der Waals surface area (Å²) in [7, 11) is 0. The smallest absolute Gasteiger partial charge is 0.265 e. The van der Waals surface area contributed by atoms with Crippen molar-refractivity contribution >= 4 is 34.5 Å². The highest BCUT2D eigenvalue weighted by molar-refractivity contribution is 7.13. The minimum absolute atomic E-state index is 0.0186. The molecule has 5 nitrogen and oxygen atoms in total. The van der Waals surface area contributed by atoms with E-state index in [1.54, 1.807) is 11.3 Å². The molecular weight excluding hydrogens is 366 g/mol. The van der Waals surface area contributed by atoms with Gasteiger partial charge in [-0.15, -0.1) is 11.3 Å². The quantitative estimate of drug-likeness (QED) is 0.812. The van der Waals surface area contributed by atoms with Gasteiger partial charge < -0.3 is 10.2 Å². The molecule has 1 aliphatic rings. The monoisotopic (exact) mass is 391 g/mol. The van der Waals surface area contributed by atoms with Crippen LogP contribution >= 0.6 is 22.7 Å². The minimum Gasteiger partial charge on any atom is -0.349 e. The first kappa shape index (κ1) is 19.0. The van der Waals surface area contributed by atoms with Gasteiger partial charge in [-0.1, -0.05) is 13.3 Å². The van der Waals surface area contributed by atoms with E-state index in [4.69, 9.17) is 0 Å². The van der Waals surface area contributed by atoms with Gasteiger partial charge in [0.05, 0.1) is 10.7 Å². The maximum atomic E-state index is 12.8. The van der Waals surface area contributed by atoms with E-state index in [9.17, 15) is 9.59 Å². The molecule has 26 heavy (non-hydrogen) atoms. The first-order valence-electron chi connectivity index (χ1n) is 9.17. The third-order valence-electron chi connectivity index (χ3n) is 4.68. The molecule has 2 aromatic rings. The average Bonchev–Trinajstić information content (AvgIpc) is 3.30. The van der Waals surface area contributed by atoms with E-state index < -0.39 is 0 Å². The number of hydrogen-bond donors (Lipinski definition) is 1. The molecule has 0 bridgehead atoms. The van der Waals surface area contributed by atoms with Gasteiger partial charge in [0.25, 0.3) is 11.8 Å². The molecule has 0 aromatic carbocycles. The van der Waals surface area contributed by atoms with Crippen molar-refractivity contribution in [1.82, 2.24) is 15.2 Å². The molecule has 3 heterocycles. The van der Waals surface area contributed by atoms with E-state index in [0.717, 1.165) is 47.7 Å². The Labute approximate surface area is 162 Å². The largest absolute Gasteiger partial charge is 0.349 e. The molecule has 140 valence electrons. The number of likely N-dealkylation sites (tertiary alicyclic amines) is 1. The molecular formula is C19H25N3O2S2. The van der Waals surface area contributed by atoms with E-state index >= 15 is 0 Å². The van der Waals surface area contributed by atoms with Gasteiger partial charge in [0, 0.05) is 30.1 Å². The van der Waals surface area contributed by atoms with E-state index in [0.29, 0.717) is 18.7 Å². The Bertz CT molecular complexity index is 747. The number of piperidine rings is 1. The molecule has 1 fully saturated rings. The molecule has 7 heteroatoms. The summed E-state index contributed by atoms with van der Waals surface area (Å²) >= 11 is 3.06. The van der Waals surface area contributed by atoms with Crippen LogP contribution in [0, 0.1) is 6.92 Å². The lowest BCUT2D eigenvalue weighted by Crippen LogP contribution is -2.46. The molecule has 0 aliphatic carbocycles. The number of thiophene rings is 1. The van der Waals surface area contributed by atoms with Crippen LogP contribution in [0.5, 0.6) is 0 Å². The average molecular weight is 392 g/mol. The maximum absolute atomic E-state index is 12.8. The van der Waals surface area contributed by atoms with E-state index in [-0.39, 0.29) is 17.9 Å². The van der Waals surface area contributed by atoms with Gasteiger partial charge in [-0.3, -0.25) is 9.59 Å². The normalized spacial score (nSPS) is 15.2. The van der Waals surface area contributed by atoms with Crippen molar-refractivity contribution in [2.75, 3.05) is 13.1 Å². The van der Waals surface area contributed by atoms with Crippen LogP contribution in [0.2, 0.25) is 0 Å². The molecule has 1 aliphatic heterocycles. The number of hydrogen-bond acceptors (Lipinski definition) is 5. The Morgan fingerprint density at radius 1 is 1.35 bits per heavy atom. The molecule has 2 aromatic heterocycles. The molecule has 0 radical (unpaired) electrons. The third-order valence-corrected chi connectivity index (χ3v) is 6.57. The van der Waals surface area contributed by atoms with E-state index in [2.05, 4.69) is 17.2 Å². The number of carbonyl (C=O) groups is 2. The van der Waals surface area contributed by atoms with Crippen LogP contribution in [0.25, 0.3) is 0 Å². The lowest BCUT2D eigenvalue weighted by atomic mass is 10.0. The summed E-state index contributed by atoms with van der Waals surface area (Å²) in [6, 6.07) is 1.97. The van der Waals surface area contributed by atoms with Crippen LogP contribution in [0.15, 0.2) is 16.8 Å². The number of aryl methyl sites for hydroxylation is 2. The number of aromatic nitrogens is 1. The molecule has 0 unspecified atom stereocenters. The lowest BCUT2D eigenvalue weighted by Gasteiger charge is -2.32. The van der Waals surface area contributed by atoms with E-state index in [1.807, 2.05) is 28.7 Å². The van der Waals surface area contributed by atoms with Crippen LogP contribution in [0.3, 0.4) is 0 Å². The van der Waals surface area contributed by atoms with Gasteiger partial charge in [-0.25, -0.2) is 4.98 Å². The summed E-state index contributed by atoms with van der Waals surface area (Å²) in [4.78, 5) is 32.2. The first-order chi connectivity index (χ1) is 12.6. The lowest BCUT2D eigenvalue weighted by molar-refractivity contribution is 0.0702. The Morgan fingerprint density at radius 2 is 2.12 bits per heavy atom. The van der Waals surface area contributed by atoms with Crippen LogP contribution in [-0.2, 0) is 6.42 Å². The molecule has 3 rings (SSSR count). The molecule has 0 atom stereocenters. The zero-order valence-electron chi connectivity index (χ0n) is 15.3. The Morgan fingerprint density at radius 3 is 2.77 bits per heavy atom. The van der Waals surface area contributed by atoms with Gasteiger partial charge in [-0.2, -0.15) is 11.3 Å². The highest BCUT2D eigenvalue weighted by Gasteiger charge is 2.27. The SMILES string of the molecule is CCCCc1nc(C)c(C(=O)N2CCC(NC(=O)c3ccsc3)CC2)s1. The zero-order valence-corrected chi connectivity index (χ0v) is 16.9. The van der Waals surface area contributed by atoms with Crippen molar-refractivity contribution in [3.63, 3.8) is 0 Å². The molecule has 1 N–H and O–H groups in total. The molecule has 0 spiro atoms. The molecule has 1 saturated heterocycles. The van der Waals surface area contributed by atoms with Crippen molar-refractivity contribution in [1.29, 1.82) is 0 Å². The Balaban J connectivity index is 1.53. The standard InChI is InChI=1S/C19H25N3O2S2/c1-3-4-5-16-20-13(2)17(26-16)19(24)22-9-6-15(7-10-22)21-18(23)14-8-11-25-12-14/h8,11-12,15H,3-7,9-10H2,1-2H3,(H,21,23). The van der Waals surface area contributed by atoms with Crippen LogP contribution in [0.1, 0.15) is 63.3 Å². The van der Waals surface area contributed by atoms with Crippen molar-refractivity contribution in [2.45, 2.75) is 52.0 Å². The first-order valence-corrected chi connectivity index (χ1v) is 10.9. The van der Waals surface area contributed by atoms with Crippen LogP contribution < -0.4 is 5.32 Å². The van der Waals surface area contributed by atoms with E-state index in [1.165, 1.54) is 11.3 Å². The number of amides is 2. The number of nitrogens with one attached hydrogen (secondary N) is 1. The summed E-state index contributed by atoms with van der Waals surface area (Å²) in [6.45, 7) is 5.44. The molecule has 2 amide bonds.